The predicted molar refractivity (Wildman–Crippen MR) is 143 cm³/mol. The van der Waals surface area contributed by atoms with Gasteiger partial charge in [-0.25, -0.2) is 4.99 Å². The highest BCUT2D eigenvalue weighted by Gasteiger charge is 2.03. The second-order valence-corrected chi connectivity index (χ2v) is 7.63. The quantitative estimate of drug-likeness (QED) is 0.0843. The van der Waals surface area contributed by atoms with Crippen molar-refractivity contribution in [2.45, 2.75) is 58.8 Å². The summed E-state index contributed by atoms with van der Waals surface area (Å²) in [5.74, 6) is 0. The monoisotopic (exact) mass is 432 g/mol. The number of aldehydes is 1. The van der Waals surface area contributed by atoms with Crippen LogP contribution in [0.2, 0.25) is 0 Å². The molecular formula is C29H40N2O. The van der Waals surface area contributed by atoms with Crippen LogP contribution in [0.3, 0.4) is 0 Å². The Balaban J connectivity index is 5.13. The molecule has 32 heavy (non-hydrogen) atoms. The van der Waals surface area contributed by atoms with Gasteiger partial charge in [-0.05, 0) is 67.9 Å². The Morgan fingerprint density at radius 1 is 1.03 bits per heavy atom. The van der Waals surface area contributed by atoms with Crippen molar-refractivity contribution in [1.29, 1.82) is 0 Å². The lowest BCUT2D eigenvalue weighted by atomic mass is 10.0. The third-order valence-electron chi connectivity index (χ3n) is 4.88. The van der Waals surface area contributed by atoms with Crippen molar-refractivity contribution in [3.8, 4) is 0 Å². The van der Waals surface area contributed by atoms with Gasteiger partial charge in [0.1, 0.15) is 6.29 Å². The molecule has 3 heteroatoms. The topological polar surface area (TPSA) is 55.4 Å². The maximum atomic E-state index is 10.4. The van der Waals surface area contributed by atoms with E-state index in [1.165, 1.54) is 11.9 Å². The van der Waals surface area contributed by atoms with E-state index in [1.807, 2.05) is 31.2 Å². The van der Waals surface area contributed by atoms with Crippen LogP contribution in [0, 0.1) is 0 Å². The van der Waals surface area contributed by atoms with Crippen LogP contribution in [0.1, 0.15) is 58.8 Å². The maximum absolute atomic E-state index is 10.4. The fraction of sp³-hybridized carbons (Fsp3) is 0.310. The number of nitrogens with two attached hydrogens (primary N) is 1. The average molecular weight is 433 g/mol. The lowest BCUT2D eigenvalue weighted by Crippen LogP contribution is -1.94. The molecule has 0 aromatic rings. The van der Waals surface area contributed by atoms with Gasteiger partial charge in [0.15, 0.2) is 0 Å². The van der Waals surface area contributed by atoms with Gasteiger partial charge in [0.05, 0.1) is 12.0 Å². The van der Waals surface area contributed by atoms with Crippen LogP contribution in [-0.2, 0) is 4.79 Å². The Kier molecular flexibility index (Phi) is 16.7. The Bertz CT molecular complexity index is 829. The second-order valence-electron chi connectivity index (χ2n) is 7.63. The molecule has 3 nitrogen and oxygen atoms in total. The molecule has 0 rings (SSSR count). The van der Waals surface area contributed by atoms with Crippen molar-refractivity contribution in [1.82, 2.24) is 0 Å². The molecule has 0 heterocycles. The van der Waals surface area contributed by atoms with Crippen molar-refractivity contribution < 1.29 is 4.79 Å². The summed E-state index contributed by atoms with van der Waals surface area (Å²) in [6.07, 6.45) is 24.3. The van der Waals surface area contributed by atoms with E-state index in [0.29, 0.717) is 6.42 Å². The lowest BCUT2D eigenvalue weighted by Gasteiger charge is -2.07. The van der Waals surface area contributed by atoms with E-state index in [0.717, 1.165) is 72.8 Å². The molecule has 0 saturated carbocycles. The summed E-state index contributed by atoms with van der Waals surface area (Å²) in [4.78, 5) is 14.7. The first-order chi connectivity index (χ1) is 15.4. The summed E-state index contributed by atoms with van der Waals surface area (Å²) in [7, 11) is 0. The molecule has 0 aliphatic rings. The molecule has 0 spiro atoms. The van der Waals surface area contributed by atoms with E-state index >= 15 is 0 Å². The number of carbonyl (C=O) groups is 1. The first-order valence-corrected chi connectivity index (χ1v) is 11.1. The van der Waals surface area contributed by atoms with Crippen molar-refractivity contribution in [2.75, 3.05) is 0 Å². The molecular weight excluding hydrogens is 392 g/mol. The zero-order valence-electron chi connectivity index (χ0n) is 20.0. The molecule has 0 fully saturated rings. The van der Waals surface area contributed by atoms with Gasteiger partial charge in [-0.1, -0.05) is 87.3 Å². The fourth-order valence-electron chi connectivity index (χ4n) is 2.75. The summed E-state index contributed by atoms with van der Waals surface area (Å²) in [6.45, 7) is 20.0. The van der Waals surface area contributed by atoms with Crippen LogP contribution >= 0.6 is 0 Å². The number of rotatable bonds is 17. The van der Waals surface area contributed by atoms with E-state index in [9.17, 15) is 4.79 Å². The molecule has 0 aliphatic carbocycles. The minimum Gasteiger partial charge on any atom is -0.390 e. The third-order valence-corrected chi connectivity index (χ3v) is 4.88. The number of hydrogen-bond acceptors (Lipinski definition) is 2. The van der Waals surface area contributed by atoms with E-state index in [1.54, 1.807) is 6.08 Å². The largest absolute Gasteiger partial charge is 0.390 e. The number of allylic oxidation sites excluding steroid dienone is 13. The van der Waals surface area contributed by atoms with Gasteiger partial charge in [-0.2, -0.15) is 0 Å². The molecule has 0 radical (unpaired) electrons. The molecule has 0 aromatic heterocycles. The molecule has 0 aromatic carbocycles. The molecule has 0 aliphatic heterocycles. The van der Waals surface area contributed by atoms with E-state index < -0.39 is 0 Å². The minimum atomic E-state index is 0.640. The zero-order chi connectivity index (χ0) is 24.2. The van der Waals surface area contributed by atoms with Crippen molar-refractivity contribution in [3.05, 3.63) is 108 Å². The van der Waals surface area contributed by atoms with Crippen LogP contribution in [0.4, 0.5) is 0 Å². The first-order valence-electron chi connectivity index (χ1n) is 11.1. The van der Waals surface area contributed by atoms with Crippen LogP contribution in [-0.4, -0.2) is 12.6 Å². The Morgan fingerprint density at radius 2 is 1.75 bits per heavy atom. The number of carbonyl (C=O) groups excluding carboxylic acids is 1. The Labute approximate surface area is 195 Å². The maximum Gasteiger partial charge on any atom is 0.119 e. The van der Waals surface area contributed by atoms with Crippen LogP contribution < -0.4 is 5.73 Å². The number of nitrogens with zero attached hydrogens (tertiary/aromatic N) is 1. The standard InChI is InChI=1S/C29H40N2O/c1-7-9-15-25(4)26(5)19-17-24(3)18-20-28(8-2)22-29(31-23-30)27(6)16-13-11-10-12-14-21-32/h7-9,15,17,19-23H,1-2,4,6,10-14,16,18H2,3,5H3,(H2,30,31)/b15-9-,24-17+,26-19-,28-20+,29-22-. The highest BCUT2D eigenvalue weighted by molar-refractivity contribution is 5.56. The number of hydrogen-bond donors (Lipinski definition) is 1. The number of aliphatic imine (C=N–C) groups is 1. The smallest absolute Gasteiger partial charge is 0.119 e. The molecule has 0 unspecified atom stereocenters. The molecule has 0 amide bonds. The third kappa shape index (κ3) is 13.9. The van der Waals surface area contributed by atoms with Crippen molar-refractivity contribution >= 4 is 12.6 Å². The van der Waals surface area contributed by atoms with E-state index in [-0.39, 0.29) is 0 Å². The van der Waals surface area contributed by atoms with Gasteiger partial charge in [-0.15, -0.1) is 0 Å². The van der Waals surface area contributed by atoms with Crippen LogP contribution in [0.25, 0.3) is 0 Å². The SMILES string of the molecule is C=C/C=C\C(=C)/C(C)=C\C=C(/C)C/C=C(C=C)/C=C(\N=CN)C(=C)CCCCCCC=O. The fourth-order valence-corrected chi connectivity index (χ4v) is 2.75. The van der Waals surface area contributed by atoms with Crippen molar-refractivity contribution in [2.24, 2.45) is 10.7 Å². The van der Waals surface area contributed by atoms with E-state index in [4.69, 9.17) is 5.73 Å². The molecule has 0 saturated heterocycles. The molecule has 0 atom stereocenters. The predicted octanol–water partition coefficient (Wildman–Crippen LogP) is 7.65. The van der Waals surface area contributed by atoms with Crippen LogP contribution in [0.5, 0.6) is 0 Å². The highest BCUT2D eigenvalue weighted by Crippen LogP contribution is 2.20. The first kappa shape index (κ1) is 28.8. The van der Waals surface area contributed by atoms with Gasteiger partial charge < -0.3 is 10.5 Å². The van der Waals surface area contributed by atoms with Gasteiger partial charge in [0.2, 0.25) is 0 Å². The van der Waals surface area contributed by atoms with Gasteiger partial charge in [-0.3, -0.25) is 0 Å². The summed E-state index contributed by atoms with van der Waals surface area (Å²) < 4.78 is 0. The summed E-state index contributed by atoms with van der Waals surface area (Å²) in [6, 6.07) is 0. The number of unbranched alkanes of at least 4 members (excludes halogenated alkanes) is 4. The second kappa shape index (κ2) is 18.6. The van der Waals surface area contributed by atoms with Crippen LogP contribution in [0.15, 0.2) is 113 Å². The summed E-state index contributed by atoms with van der Waals surface area (Å²) in [5, 5.41) is 0. The summed E-state index contributed by atoms with van der Waals surface area (Å²) >= 11 is 0. The summed E-state index contributed by atoms with van der Waals surface area (Å²) in [5.41, 5.74) is 11.5. The highest BCUT2D eigenvalue weighted by atomic mass is 16.1. The van der Waals surface area contributed by atoms with Gasteiger partial charge in [0.25, 0.3) is 0 Å². The minimum absolute atomic E-state index is 0.640. The molecule has 0 bridgehead atoms. The Morgan fingerprint density at radius 3 is 2.38 bits per heavy atom. The zero-order valence-corrected chi connectivity index (χ0v) is 20.0. The molecule has 2 N–H and O–H groups in total. The van der Waals surface area contributed by atoms with Gasteiger partial charge >= 0.3 is 0 Å². The van der Waals surface area contributed by atoms with Crippen molar-refractivity contribution in [3.63, 3.8) is 0 Å². The Hall–Kier alpha value is -3.20. The lowest BCUT2D eigenvalue weighted by molar-refractivity contribution is -0.107. The van der Waals surface area contributed by atoms with Gasteiger partial charge in [0, 0.05) is 6.42 Å². The normalized spacial score (nSPS) is 13.6. The average Bonchev–Trinajstić information content (AvgIpc) is 2.79. The molecule has 172 valence electrons. The van der Waals surface area contributed by atoms with E-state index in [2.05, 4.69) is 56.5 Å².